The zero-order chi connectivity index (χ0) is 15.2. The van der Waals surface area contributed by atoms with Crippen molar-refractivity contribution in [2.45, 2.75) is 19.4 Å². The van der Waals surface area contributed by atoms with Crippen LogP contribution in [0, 0.1) is 0 Å². The monoisotopic (exact) mass is 411 g/mol. The molecule has 1 atom stereocenters. The Morgan fingerprint density at radius 2 is 1.90 bits per heavy atom. The Labute approximate surface area is 143 Å². The summed E-state index contributed by atoms with van der Waals surface area (Å²) in [5, 5.41) is 3.60. The van der Waals surface area contributed by atoms with E-state index in [1.807, 2.05) is 0 Å². The van der Waals surface area contributed by atoms with E-state index in [-0.39, 0.29) is 6.04 Å². The molecule has 0 spiro atoms. The van der Waals surface area contributed by atoms with E-state index in [0.29, 0.717) is 0 Å². The average Bonchev–Trinajstić information content (AvgIpc) is 2.46. The molecule has 0 radical (unpaired) electrons. The standard InChI is InChI=1S/C17H19Br2NO/c1-12(15-8-7-14(18)11-16(15)19)20-17-6-4-3-5-13(17)9-10-21-2/h3-8,11-12,20H,9-10H2,1-2H3. The van der Waals surface area contributed by atoms with Crippen molar-refractivity contribution in [3.8, 4) is 0 Å². The topological polar surface area (TPSA) is 21.3 Å². The quantitative estimate of drug-likeness (QED) is 0.669. The number of hydrogen-bond acceptors (Lipinski definition) is 2. The molecule has 1 N–H and O–H groups in total. The van der Waals surface area contributed by atoms with E-state index in [1.54, 1.807) is 7.11 Å². The Balaban J connectivity index is 2.17. The van der Waals surface area contributed by atoms with Gasteiger partial charge in [0.1, 0.15) is 0 Å². The molecule has 1 unspecified atom stereocenters. The molecule has 0 aliphatic rings. The van der Waals surface area contributed by atoms with Gasteiger partial charge in [0.2, 0.25) is 0 Å². The fourth-order valence-electron chi connectivity index (χ4n) is 2.25. The van der Waals surface area contributed by atoms with E-state index in [1.165, 1.54) is 11.1 Å². The SMILES string of the molecule is COCCc1ccccc1NC(C)c1ccc(Br)cc1Br. The Morgan fingerprint density at radius 3 is 2.62 bits per heavy atom. The summed E-state index contributed by atoms with van der Waals surface area (Å²) in [7, 11) is 1.73. The molecule has 0 aromatic heterocycles. The Morgan fingerprint density at radius 1 is 1.14 bits per heavy atom. The number of anilines is 1. The van der Waals surface area contributed by atoms with E-state index in [9.17, 15) is 0 Å². The summed E-state index contributed by atoms with van der Waals surface area (Å²) in [6.45, 7) is 2.90. The van der Waals surface area contributed by atoms with E-state index in [4.69, 9.17) is 4.74 Å². The first-order valence-corrected chi connectivity index (χ1v) is 8.48. The van der Waals surface area contributed by atoms with Gasteiger partial charge >= 0.3 is 0 Å². The van der Waals surface area contributed by atoms with Crippen LogP contribution in [-0.4, -0.2) is 13.7 Å². The molecular weight excluding hydrogens is 394 g/mol. The molecule has 112 valence electrons. The third-order valence-electron chi connectivity index (χ3n) is 3.39. The Hall–Kier alpha value is -0.840. The van der Waals surface area contributed by atoms with Crippen molar-refractivity contribution in [3.63, 3.8) is 0 Å². The molecule has 0 aliphatic carbocycles. The molecule has 0 saturated carbocycles. The fourth-order valence-corrected chi connectivity index (χ4v) is 3.65. The second-order valence-electron chi connectivity index (χ2n) is 4.93. The van der Waals surface area contributed by atoms with Gasteiger partial charge in [-0.3, -0.25) is 0 Å². The number of hydrogen-bond donors (Lipinski definition) is 1. The predicted octanol–water partition coefficient (Wildman–Crippen LogP) is 5.57. The summed E-state index contributed by atoms with van der Waals surface area (Å²) in [6, 6.07) is 14.9. The van der Waals surface area contributed by atoms with Gasteiger partial charge in [-0.15, -0.1) is 0 Å². The van der Waals surface area contributed by atoms with Crippen LogP contribution in [0.2, 0.25) is 0 Å². The van der Waals surface area contributed by atoms with Gasteiger partial charge in [-0.05, 0) is 42.7 Å². The maximum Gasteiger partial charge on any atom is 0.0503 e. The van der Waals surface area contributed by atoms with Crippen molar-refractivity contribution in [3.05, 3.63) is 62.5 Å². The molecule has 2 aromatic rings. The van der Waals surface area contributed by atoms with Crippen LogP contribution in [-0.2, 0) is 11.2 Å². The summed E-state index contributed by atoms with van der Waals surface area (Å²) in [5.74, 6) is 0. The smallest absolute Gasteiger partial charge is 0.0503 e. The molecule has 0 amide bonds. The largest absolute Gasteiger partial charge is 0.384 e. The van der Waals surface area contributed by atoms with Crippen LogP contribution in [0.5, 0.6) is 0 Å². The van der Waals surface area contributed by atoms with E-state index < -0.39 is 0 Å². The zero-order valence-corrected chi connectivity index (χ0v) is 15.4. The summed E-state index contributed by atoms with van der Waals surface area (Å²) < 4.78 is 7.36. The molecule has 0 saturated heterocycles. The lowest BCUT2D eigenvalue weighted by atomic mass is 10.1. The number of benzene rings is 2. The van der Waals surface area contributed by atoms with Gasteiger partial charge < -0.3 is 10.1 Å². The summed E-state index contributed by atoms with van der Waals surface area (Å²) in [6.07, 6.45) is 0.911. The maximum absolute atomic E-state index is 5.18. The number of ether oxygens (including phenoxy) is 1. The van der Waals surface area contributed by atoms with Gasteiger partial charge in [0.05, 0.1) is 6.61 Å². The van der Waals surface area contributed by atoms with Crippen LogP contribution in [0.3, 0.4) is 0 Å². The minimum absolute atomic E-state index is 0.219. The molecule has 21 heavy (non-hydrogen) atoms. The average molecular weight is 413 g/mol. The lowest BCUT2D eigenvalue weighted by Gasteiger charge is -2.20. The highest BCUT2D eigenvalue weighted by molar-refractivity contribution is 9.11. The summed E-state index contributed by atoms with van der Waals surface area (Å²) in [4.78, 5) is 0. The minimum Gasteiger partial charge on any atom is -0.384 e. The highest BCUT2D eigenvalue weighted by atomic mass is 79.9. The van der Waals surface area contributed by atoms with Gasteiger partial charge in [0.25, 0.3) is 0 Å². The second kappa shape index (κ2) is 7.97. The van der Waals surface area contributed by atoms with Crippen molar-refractivity contribution in [1.82, 2.24) is 0 Å². The van der Waals surface area contributed by atoms with Gasteiger partial charge in [0, 0.05) is 27.8 Å². The third kappa shape index (κ3) is 4.56. The molecule has 0 aliphatic heterocycles. The van der Waals surface area contributed by atoms with Crippen LogP contribution in [0.1, 0.15) is 24.1 Å². The molecule has 4 heteroatoms. The number of methoxy groups -OCH3 is 1. The lowest BCUT2D eigenvalue weighted by Crippen LogP contribution is -2.10. The lowest BCUT2D eigenvalue weighted by molar-refractivity contribution is 0.202. The molecule has 0 bridgehead atoms. The second-order valence-corrected chi connectivity index (χ2v) is 6.70. The van der Waals surface area contributed by atoms with Crippen LogP contribution < -0.4 is 5.32 Å². The van der Waals surface area contributed by atoms with Crippen LogP contribution in [0.15, 0.2) is 51.4 Å². The predicted molar refractivity (Wildman–Crippen MR) is 95.9 cm³/mol. The molecule has 0 heterocycles. The third-order valence-corrected chi connectivity index (χ3v) is 4.57. The fraction of sp³-hybridized carbons (Fsp3) is 0.294. The number of rotatable bonds is 6. The van der Waals surface area contributed by atoms with Gasteiger partial charge in [0.15, 0.2) is 0 Å². The highest BCUT2D eigenvalue weighted by Gasteiger charge is 2.11. The Kier molecular flexibility index (Phi) is 6.27. The Bertz CT molecular complexity index is 601. The van der Waals surface area contributed by atoms with Crippen LogP contribution in [0.4, 0.5) is 5.69 Å². The molecule has 2 aromatic carbocycles. The molecule has 2 rings (SSSR count). The molecular formula is C17H19Br2NO. The zero-order valence-electron chi connectivity index (χ0n) is 12.2. The van der Waals surface area contributed by atoms with Gasteiger partial charge in [-0.2, -0.15) is 0 Å². The summed E-state index contributed by atoms with van der Waals surface area (Å²) >= 11 is 7.12. The number of para-hydroxylation sites is 1. The highest BCUT2D eigenvalue weighted by Crippen LogP contribution is 2.30. The van der Waals surface area contributed by atoms with Gasteiger partial charge in [-0.1, -0.05) is 56.1 Å². The van der Waals surface area contributed by atoms with Crippen molar-refractivity contribution in [2.24, 2.45) is 0 Å². The van der Waals surface area contributed by atoms with E-state index >= 15 is 0 Å². The molecule has 2 nitrogen and oxygen atoms in total. The van der Waals surface area contributed by atoms with E-state index in [0.717, 1.165) is 27.7 Å². The van der Waals surface area contributed by atoms with Crippen molar-refractivity contribution >= 4 is 37.5 Å². The van der Waals surface area contributed by atoms with Crippen LogP contribution >= 0.6 is 31.9 Å². The number of nitrogens with one attached hydrogen (secondary N) is 1. The maximum atomic E-state index is 5.18. The van der Waals surface area contributed by atoms with E-state index in [2.05, 4.69) is 86.6 Å². The van der Waals surface area contributed by atoms with Crippen LogP contribution in [0.25, 0.3) is 0 Å². The first-order valence-electron chi connectivity index (χ1n) is 6.90. The van der Waals surface area contributed by atoms with Crippen molar-refractivity contribution in [1.29, 1.82) is 0 Å². The van der Waals surface area contributed by atoms with Crippen molar-refractivity contribution < 1.29 is 4.74 Å². The summed E-state index contributed by atoms with van der Waals surface area (Å²) in [5.41, 5.74) is 3.68. The number of halogens is 2. The normalized spacial score (nSPS) is 12.2. The first-order chi connectivity index (χ1) is 10.1. The van der Waals surface area contributed by atoms with Crippen molar-refractivity contribution in [2.75, 3.05) is 19.0 Å². The minimum atomic E-state index is 0.219. The molecule has 0 fully saturated rings. The van der Waals surface area contributed by atoms with Gasteiger partial charge in [-0.25, -0.2) is 0 Å². The first kappa shape index (κ1) is 16.5.